The maximum Gasteiger partial charge on any atom is 0.349 e. The van der Waals surface area contributed by atoms with Crippen LogP contribution in [0.15, 0.2) is 24.3 Å². The number of aliphatic carboxylic acids is 1. The van der Waals surface area contributed by atoms with Crippen LogP contribution in [0.3, 0.4) is 0 Å². The molecule has 0 amide bonds. The second-order valence-electron chi connectivity index (χ2n) is 2.98. The highest BCUT2D eigenvalue weighted by Gasteiger charge is 2.29. The van der Waals surface area contributed by atoms with Gasteiger partial charge in [-0.25, -0.2) is 14.0 Å². The molecule has 0 saturated heterocycles. The molecule has 1 rings (SSSR count). The third-order valence-corrected chi connectivity index (χ3v) is 2.18. The smallest absolute Gasteiger partial charge is 0.349 e. The zero-order chi connectivity index (χ0) is 13.0. The van der Waals surface area contributed by atoms with Gasteiger partial charge < -0.3 is 9.84 Å². The fraction of sp³-hybridized carbons (Fsp3) is 0.200. The Morgan fingerprint density at radius 3 is 2.35 bits per heavy atom. The lowest BCUT2D eigenvalue weighted by Crippen LogP contribution is -2.23. The summed E-state index contributed by atoms with van der Waals surface area (Å²) >= 11 is 10.4. The lowest BCUT2D eigenvalue weighted by molar-refractivity contribution is -0.163. The summed E-state index contributed by atoms with van der Waals surface area (Å²) in [5.74, 6) is -3.46. The van der Waals surface area contributed by atoms with Crippen LogP contribution in [0.25, 0.3) is 0 Å². The molecule has 0 bridgehead atoms. The van der Waals surface area contributed by atoms with E-state index in [0.717, 1.165) is 6.07 Å². The standard InChI is InChI=1S/C10H7Cl2FO4/c11-8(12)10(16)17-7(9(14)15)5-3-1-2-4-6(5)13/h1-4,7-8H,(H,14,15). The number of hydrogen-bond donors (Lipinski definition) is 1. The maximum absolute atomic E-state index is 13.3. The number of carbonyl (C=O) groups is 2. The highest BCUT2D eigenvalue weighted by molar-refractivity contribution is 6.52. The molecule has 0 heterocycles. The Hall–Kier alpha value is -1.33. The largest absolute Gasteiger partial charge is 0.478 e. The van der Waals surface area contributed by atoms with Crippen LogP contribution < -0.4 is 0 Å². The summed E-state index contributed by atoms with van der Waals surface area (Å²) in [5.41, 5.74) is -0.276. The van der Waals surface area contributed by atoms with Gasteiger partial charge >= 0.3 is 11.9 Å². The van der Waals surface area contributed by atoms with Crippen molar-refractivity contribution in [3.8, 4) is 0 Å². The third-order valence-electron chi connectivity index (χ3n) is 1.82. The molecular formula is C10H7Cl2FO4. The molecule has 7 heteroatoms. The molecule has 0 spiro atoms. The Kier molecular flexibility index (Phi) is 4.72. The first-order valence-corrected chi connectivity index (χ1v) is 5.26. The maximum atomic E-state index is 13.3. The minimum absolute atomic E-state index is 0.276. The zero-order valence-electron chi connectivity index (χ0n) is 8.27. The van der Waals surface area contributed by atoms with Crippen LogP contribution >= 0.6 is 23.2 Å². The van der Waals surface area contributed by atoms with E-state index in [1.807, 2.05) is 0 Å². The molecule has 0 aliphatic rings. The van der Waals surface area contributed by atoms with Crippen LogP contribution in [-0.2, 0) is 14.3 Å². The van der Waals surface area contributed by atoms with Crippen molar-refractivity contribution in [2.45, 2.75) is 10.9 Å². The van der Waals surface area contributed by atoms with Crippen LogP contribution in [0, 0.1) is 5.82 Å². The molecule has 17 heavy (non-hydrogen) atoms. The minimum atomic E-state index is -1.77. The van der Waals surface area contributed by atoms with E-state index >= 15 is 0 Å². The van der Waals surface area contributed by atoms with Crippen molar-refractivity contribution in [2.75, 3.05) is 0 Å². The average molecular weight is 281 g/mol. The van der Waals surface area contributed by atoms with Gasteiger partial charge in [0.05, 0.1) is 0 Å². The van der Waals surface area contributed by atoms with E-state index in [4.69, 9.17) is 28.3 Å². The molecule has 1 unspecified atom stereocenters. The molecule has 0 aliphatic heterocycles. The lowest BCUT2D eigenvalue weighted by Gasteiger charge is -2.14. The molecule has 4 nitrogen and oxygen atoms in total. The second kappa shape index (κ2) is 5.84. The first-order valence-electron chi connectivity index (χ1n) is 4.39. The van der Waals surface area contributed by atoms with Crippen molar-refractivity contribution in [2.24, 2.45) is 0 Å². The van der Waals surface area contributed by atoms with E-state index in [0.29, 0.717) is 0 Å². The highest BCUT2D eigenvalue weighted by Crippen LogP contribution is 2.22. The summed E-state index contributed by atoms with van der Waals surface area (Å²) in [5, 5.41) is 8.85. The Balaban J connectivity index is 2.99. The number of rotatable bonds is 4. The van der Waals surface area contributed by atoms with E-state index in [1.54, 1.807) is 0 Å². The van der Waals surface area contributed by atoms with Crippen molar-refractivity contribution in [1.29, 1.82) is 0 Å². The fourth-order valence-corrected chi connectivity index (χ4v) is 1.21. The van der Waals surface area contributed by atoms with E-state index < -0.39 is 28.7 Å². The van der Waals surface area contributed by atoms with Crippen LogP contribution in [0.5, 0.6) is 0 Å². The van der Waals surface area contributed by atoms with E-state index in [-0.39, 0.29) is 5.56 Å². The monoisotopic (exact) mass is 280 g/mol. The summed E-state index contributed by atoms with van der Waals surface area (Å²) in [4.78, 5) is 20.4. The van der Waals surface area contributed by atoms with Gasteiger partial charge in [0.1, 0.15) is 5.82 Å². The second-order valence-corrected chi connectivity index (χ2v) is 4.07. The molecule has 1 atom stereocenters. The van der Waals surface area contributed by atoms with Gasteiger partial charge in [0.25, 0.3) is 0 Å². The van der Waals surface area contributed by atoms with Crippen LogP contribution in [0.4, 0.5) is 4.39 Å². The Bertz CT molecular complexity index is 436. The predicted octanol–water partition coefficient (Wildman–Crippen LogP) is 2.30. The van der Waals surface area contributed by atoms with Crippen LogP contribution in [-0.4, -0.2) is 21.9 Å². The van der Waals surface area contributed by atoms with Crippen molar-refractivity contribution in [3.05, 3.63) is 35.6 Å². The first-order chi connectivity index (χ1) is 7.93. The van der Waals surface area contributed by atoms with E-state index in [2.05, 4.69) is 4.74 Å². The quantitative estimate of drug-likeness (QED) is 0.679. The number of halogens is 3. The summed E-state index contributed by atoms with van der Waals surface area (Å²) in [7, 11) is 0. The Labute approximate surface area is 106 Å². The summed E-state index contributed by atoms with van der Waals surface area (Å²) < 4.78 is 17.8. The summed E-state index contributed by atoms with van der Waals surface area (Å²) in [6.45, 7) is 0. The number of esters is 1. The van der Waals surface area contributed by atoms with Gasteiger partial charge in [-0.15, -0.1) is 0 Å². The highest BCUT2D eigenvalue weighted by atomic mass is 35.5. The molecule has 92 valence electrons. The topological polar surface area (TPSA) is 63.6 Å². The first kappa shape index (κ1) is 13.7. The van der Waals surface area contributed by atoms with Crippen molar-refractivity contribution in [1.82, 2.24) is 0 Å². The average Bonchev–Trinajstić information content (AvgIpc) is 2.26. The Morgan fingerprint density at radius 1 is 1.29 bits per heavy atom. The summed E-state index contributed by atoms with van der Waals surface area (Å²) in [6, 6.07) is 5.05. The predicted molar refractivity (Wildman–Crippen MR) is 58.4 cm³/mol. The molecule has 1 aromatic carbocycles. The van der Waals surface area contributed by atoms with Crippen molar-refractivity contribution in [3.63, 3.8) is 0 Å². The van der Waals surface area contributed by atoms with Crippen molar-refractivity contribution < 1.29 is 23.8 Å². The van der Waals surface area contributed by atoms with Crippen LogP contribution in [0.1, 0.15) is 11.7 Å². The van der Waals surface area contributed by atoms with Gasteiger partial charge in [-0.05, 0) is 6.07 Å². The molecule has 0 saturated carbocycles. The molecule has 0 radical (unpaired) electrons. The molecule has 0 aliphatic carbocycles. The van der Waals surface area contributed by atoms with Gasteiger partial charge in [-0.2, -0.15) is 0 Å². The number of benzene rings is 1. The Morgan fingerprint density at radius 2 is 1.88 bits per heavy atom. The number of carboxylic acid groups (broad SMARTS) is 1. The van der Waals surface area contributed by atoms with E-state index in [1.165, 1.54) is 18.2 Å². The number of alkyl halides is 2. The molecular weight excluding hydrogens is 274 g/mol. The van der Waals surface area contributed by atoms with Gasteiger partial charge in [0.15, 0.2) is 0 Å². The summed E-state index contributed by atoms with van der Waals surface area (Å²) in [6.07, 6.45) is -1.77. The number of carbonyl (C=O) groups excluding carboxylic acids is 1. The number of hydrogen-bond acceptors (Lipinski definition) is 3. The molecule has 1 N–H and O–H groups in total. The number of carboxylic acids is 1. The minimum Gasteiger partial charge on any atom is -0.478 e. The molecule has 0 aromatic heterocycles. The molecule has 0 fully saturated rings. The zero-order valence-corrected chi connectivity index (χ0v) is 9.78. The fourth-order valence-electron chi connectivity index (χ4n) is 1.10. The normalized spacial score (nSPS) is 12.2. The van der Waals surface area contributed by atoms with Gasteiger partial charge in [0, 0.05) is 5.56 Å². The van der Waals surface area contributed by atoms with E-state index in [9.17, 15) is 14.0 Å². The van der Waals surface area contributed by atoms with Gasteiger partial charge in [-0.1, -0.05) is 41.4 Å². The van der Waals surface area contributed by atoms with Gasteiger partial charge in [0.2, 0.25) is 10.9 Å². The third kappa shape index (κ3) is 3.57. The lowest BCUT2D eigenvalue weighted by atomic mass is 10.1. The van der Waals surface area contributed by atoms with Crippen LogP contribution in [0.2, 0.25) is 0 Å². The number of ether oxygens (including phenoxy) is 1. The van der Waals surface area contributed by atoms with Crippen molar-refractivity contribution >= 4 is 35.1 Å². The SMILES string of the molecule is O=C(OC(C(=O)O)c1ccccc1F)C(Cl)Cl. The van der Waals surface area contributed by atoms with Gasteiger partial charge in [-0.3, -0.25) is 0 Å². The molecule has 1 aromatic rings.